The number of thiophene rings is 1. The molecule has 1 N–H and O–H groups in total. The van der Waals surface area contributed by atoms with E-state index >= 15 is 0 Å². The van der Waals surface area contributed by atoms with Crippen LogP contribution in [0, 0.1) is 5.92 Å². The van der Waals surface area contributed by atoms with Crippen LogP contribution in [0.3, 0.4) is 0 Å². The zero-order valence-electron chi connectivity index (χ0n) is 23.6. The van der Waals surface area contributed by atoms with E-state index in [0.29, 0.717) is 58.3 Å². The molecule has 1 saturated heterocycles. The summed E-state index contributed by atoms with van der Waals surface area (Å²) in [5, 5.41) is 13.0. The molecule has 1 aromatic heterocycles. The zero-order valence-corrected chi connectivity index (χ0v) is 24.4. The number of hydrogen-bond acceptors (Lipinski definition) is 10. The fourth-order valence-corrected chi connectivity index (χ4v) is 6.15. The van der Waals surface area contributed by atoms with E-state index < -0.39 is 6.29 Å². The molecular formula is C30H40N2O8S. The lowest BCUT2D eigenvalue weighted by Crippen LogP contribution is -2.50. The first-order valence-corrected chi connectivity index (χ1v) is 15.3. The predicted molar refractivity (Wildman–Crippen MR) is 153 cm³/mol. The van der Waals surface area contributed by atoms with Crippen LogP contribution in [0.15, 0.2) is 46.9 Å². The molecular weight excluding hydrogens is 548 g/mol. The molecule has 0 bridgehead atoms. The van der Waals surface area contributed by atoms with Gasteiger partial charge in [-0.05, 0) is 59.5 Å². The summed E-state index contributed by atoms with van der Waals surface area (Å²) < 4.78 is 34.3. The number of carbonyl (C=O) groups is 1. The molecule has 10 nitrogen and oxygen atoms in total. The molecule has 0 spiro atoms. The van der Waals surface area contributed by atoms with Crippen molar-refractivity contribution >= 4 is 17.2 Å². The molecule has 11 heteroatoms. The maximum atomic E-state index is 13.7. The van der Waals surface area contributed by atoms with Crippen molar-refractivity contribution in [3.05, 3.63) is 58.0 Å². The van der Waals surface area contributed by atoms with Gasteiger partial charge in [-0.1, -0.05) is 6.07 Å². The number of rotatable bonds is 14. The molecule has 0 radical (unpaired) electrons. The lowest BCUT2D eigenvalue weighted by atomic mass is 9.82. The highest BCUT2D eigenvalue weighted by Crippen LogP contribution is 2.40. The average Bonchev–Trinajstić information content (AvgIpc) is 3.70. The van der Waals surface area contributed by atoms with Crippen molar-refractivity contribution in [2.75, 3.05) is 72.6 Å². The Hall–Kier alpha value is -2.67. The smallest absolute Gasteiger partial charge is 0.288 e. The number of allylic oxidation sites excluding steroid dienone is 1. The van der Waals surface area contributed by atoms with Crippen molar-refractivity contribution in [3.63, 3.8) is 0 Å². The molecule has 5 rings (SSSR count). The van der Waals surface area contributed by atoms with Gasteiger partial charge in [0.05, 0.1) is 26.4 Å². The Balaban J connectivity index is 1.20. The number of aliphatic hydroxyl groups excluding tert-OH is 1. The number of fused-ring (bicyclic) bond motifs is 1. The number of hydrogen-bond donors (Lipinski definition) is 1. The quantitative estimate of drug-likeness (QED) is 0.334. The van der Waals surface area contributed by atoms with Gasteiger partial charge in [0.15, 0.2) is 17.3 Å². The van der Waals surface area contributed by atoms with Crippen LogP contribution in [0.1, 0.15) is 30.4 Å². The number of aliphatic hydroxyl groups is 1. The van der Waals surface area contributed by atoms with Gasteiger partial charge in [0.2, 0.25) is 13.1 Å². The lowest BCUT2D eigenvalue weighted by molar-refractivity contribution is -0.172. The Kier molecular flexibility index (Phi) is 10.9. The standard InChI is InChI=1S/C30H40N2O8S/c1-2-37-30-24(5-12-35-14-15-36-13-11-33)25(23-6-16-41-20-23)18-28(40-30)29(34)32-9-7-31(8-10-32)19-22-3-4-26-27(17-22)39-21-38-26/h3-4,6,16-18,20,24-25,30,33H,2,5,7-15,19,21H2,1H3/t24-,25+,30+/m0/s1. The Morgan fingerprint density at radius 3 is 2.61 bits per heavy atom. The van der Waals surface area contributed by atoms with E-state index in [1.54, 1.807) is 11.3 Å². The minimum atomic E-state index is -0.546. The predicted octanol–water partition coefficient (Wildman–Crippen LogP) is 3.21. The SMILES string of the molecule is CCO[C@@H]1OC(C(=O)N2CCN(Cc3ccc4c(c3)OCO4)CC2)=C[C@H](c2ccsc2)[C@@H]1CCOCCOCCO. The van der Waals surface area contributed by atoms with Gasteiger partial charge in [-0.15, -0.1) is 0 Å². The van der Waals surface area contributed by atoms with E-state index in [4.69, 9.17) is 33.5 Å². The van der Waals surface area contributed by atoms with Crippen LogP contribution in [-0.2, 0) is 30.3 Å². The maximum Gasteiger partial charge on any atom is 0.288 e. The van der Waals surface area contributed by atoms with Crippen LogP contribution in [0.2, 0.25) is 0 Å². The number of benzene rings is 1. The maximum absolute atomic E-state index is 13.7. The summed E-state index contributed by atoms with van der Waals surface area (Å²) in [6.07, 6.45) is 2.14. The largest absolute Gasteiger partial charge is 0.459 e. The van der Waals surface area contributed by atoms with Gasteiger partial charge < -0.3 is 38.4 Å². The molecule has 0 saturated carbocycles. The molecule has 3 aliphatic heterocycles. The fourth-order valence-electron chi connectivity index (χ4n) is 5.44. The topological polar surface area (TPSA) is 99.2 Å². The van der Waals surface area contributed by atoms with E-state index in [0.717, 1.165) is 36.7 Å². The van der Waals surface area contributed by atoms with Crippen LogP contribution < -0.4 is 9.47 Å². The van der Waals surface area contributed by atoms with Gasteiger partial charge in [-0.25, -0.2) is 0 Å². The van der Waals surface area contributed by atoms with E-state index in [9.17, 15) is 4.79 Å². The minimum absolute atomic E-state index is 0.00184. The van der Waals surface area contributed by atoms with E-state index in [-0.39, 0.29) is 31.1 Å². The molecule has 3 aliphatic rings. The number of carbonyl (C=O) groups excluding carboxylic acids is 1. The number of piperazine rings is 1. The third-order valence-corrected chi connectivity index (χ3v) is 8.26. The molecule has 0 aliphatic carbocycles. The van der Waals surface area contributed by atoms with Gasteiger partial charge in [0, 0.05) is 57.8 Å². The highest BCUT2D eigenvalue weighted by Gasteiger charge is 2.39. The minimum Gasteiger partial charge on any atom is -0.459 e. The molecule has 2 aromatic rings. The van der Waals surface area contributed by atoms with Crippen LogP contribution in [0.5, 0.6) is 11.5 Å². The van der Waals surface area contributed by atoms with Gasteiger partial charge >= 0.3 is 0 Å². The van der Waals surface area contributed by atoms with Crippen molar-refractivity contribution in [2.24, 2.45) is 5.92 Å². The van der Waals surface area contributed by atoms with Crippen molar-refractivity contribution in [3.8, 4) is 11.5 Å². The van der Waals surface area contributed by atoms with Gasteiger partial charge in [-0.3, -0.25) is 9.69 Å². The molecule has 1 aromatic carbocycles. The van der Waals surface area contributed by atoms with Crippen molar-refractivity contribution in [1.29, 1.82) is 0 Å². The fraction of sp³-hybridized carbons (Fsp3) is 0.567. The van der Waals surface area contributed by atoms with Crippen LogP contribution in [0.4, 0.5) is 0 Å². The third kappa shape index (κ3) is 7.79. The van der Waals surface area contributed by atoms with Crippen LogP contribution in [0.25, 0.3) is 0 Å². The summed E-state index contributed by atoms with van der Waals surface area (Å²) in [6, 6.07) is 8.16. The van der Waals surface area contributed by atoms with E-state index in [1.165, 1.54) is 5.56 Å². The molecule has 4 heterocycles. The molecule has 41 heavy (non-hydrogen) atoms. The van der Waals surface area contributed by atoms with Crippen molar-refractivity contribution < 1.29 is 38.3 Å². The molecule has 1 fully saturated rings. The van der Waals surface area contributed by atoms with E-state index in [1.807, 2.05) is 30.0 Å². The summed E-state index contributed by atoms with van der Waals surface area (Å²) in [4.78, 5) is 17.9. The molecule has 3 atom stereocenters. The van der Waals surface area contributed by atoms with Gasteiger partial charge in [0.25, 0.3) is 5.91 Å². The number of amides is 1. The first-order chi connectivity index (χ1) is 20.2. The Morgan fingerprint density at radius 2 is 1.85 bits per heavy atom. The highest BCUT2D eigenvalue weighted by molar-refractivity contribution is 7.08. The molecule has 0 unspecified atom stereocenters. The summed E-state index contributed by atoms with van der Waals surface area (Å²) in [6.45, 7) is 8.01. The Morgan fingerprint density at radius 1 is 1.05 bits per heavy atom. The zero-order chi connectivity index (χ0) is 28.4. The number of nitrogens with zero attached hydrogens (tertiary/aromatic N) is 2. The summed E-state index contributed by atoms with van der Waals surface area (Å²) in [5.74, 6) is 1.82. The second-order valence-electron chi connectivity index (χ2n) is 10.2. The molecule has 224 valence electrons. The lowest BCUT2D eigenvalue weighted by Gasteiger charge is -2.39. The van der Waals surface area contributed by atoms with E-state index in [2.05, 4.69) is 27.8 Å². The average molecular weight is 589 g/mol. The second-order valence-corrected chi connectivity index (χ2v) is 11.0. The molecule has 1 amide bonds. The third-order valence-electron chi connectivity index (χ3n) is 7.56. The number of ether oxygens (including phenoxy) is 6. The van der Waals surface area contributed by atoms with Crippen LogP contribution >= 0.6 is 11.3 Å². The Labute approximate surface area is 245 Å². The first kappa shape index (κ1) is 29.8. The van der Waals surface area contributed by atoms with Gasteiger partial charge in [0.1, 0.15) is 0 Å². The van der Waals surface area contributed by atoms with Crippen molar-refractivity contribution in [1.82, 2.24) is 9.80 Å². The second kappa shape index (κ2) is 15.0. The van der Waals surface area contributed by atoms with Crippen LogP contribution in [-0.4, -0.2) is 99.7 Å². The monoisotopic (exact) mass is 588 g/mol. The Bertz CT molecular complexity index is 1140. The first-order valence-electron chi connectivity index (χ1n) is 14.3. The van der Waals surface area contributed by atoms with Gasteiger partial charge in [-0.2, -0.15) is 11.3 Å². The summed E-state index contributed by atoms with van der Waals surface area (Å²) in [7, 11) is 0. The van der Waals surface area contributed by atoms with Crippen molar-refractivity contribution in [2.45, 2.75) is 32.1 Å². The normalized spacial score (nSPS) is 22.4. The summed E-state index contributed by atoms with van der Waals surface area (Å²) >= 11 is 1.64. The highest BCUT2D eigenvalue weighted by atomic mass is 32.1. The summed E-state index contributed by atoms with van der Waals surface area (Å²) in [5.41, 5.74) is 2.32.